The minimum absolute atomic E-state index is 0. The van der Waals surface area contributed by atoms with E-state index in [4.69, 9.17) is 24.4 Å². The van der Waals surface area contributed by atoms with E-state index in [1.807, 2.05) is 0 Å². The van der Waals surface area contributed by atoms with E-state index < -0.39 is 0 Å². The molecule has 0 bridgehead atoms. The molecule has 0 aliphatic heterocycles. The Morgan fingerprint density at radius 2 is 1.88 bits per heavy atom. The second-order valence-electron chi connectivity index (χ2n) is 4.99. The van der Waals surface area contributed by atoms with Crippen molar-refractivity contribution in [3.8, 4) is 11.5 Å². The summed E-state index contributed by atoms with van der Waals surface area (Å²) in [4.78, 5) is 14.4. The molecule has 138 valence electrons. The molecule has 0 atom stereocenters. The molecule has 2 rings (SSSR count). The maximum atomic E-state index is 12.8. The molecular formula is C17H23ClN2O5. The fourth-order valence-corrected chi connectivity index (χ4v) is 2.28. The van der Waals surface area contributed by atoms with Crippen LogP contribution >= 0.6 is 12.4 Å². The van der Waals surface area contributed by atoms with E-state index >= 15 is 0 Å². The number of nitrogens with zero attached hydrogens (tertiary/aromatic N) is 1. The van der Waals surface area contributed by atoms with Crippen LogP contribution < -0.4 is 20.1 Å². The molecule has 0 fully saturated rings. The molecule has 1 amide bonds. The van der Waals surface area contributed by atoms with Crippen molar-refractivity contribution in [2.45, 2.75) is 6.54 Å². The maximum Gasteiger partial charge on any atom is 0.261 e. The first-order chi connectivity index (χ1) is 11.6. The van der Waals surface area contributed by atoms with Crippen LogP contribution in [0.1, 0.15) is 16.1 Å². The summed E-state index contributed by atoms with van der Waals surface area (Å²) in [7, 11) is 4.69. The predicted octanol–water partition coefficient (Wildman–Crippen LogP) is 2.47. The minimum Gasteiger partial charge on any atom is -0.493 e. The number of carbonyl (C=O) groups is 1. The van der Waals surface area contributed by atoms with Crippen molar-refractivity contribution in [2.75, 3.05) is 39.4 Å². The zero-order valence-corrected chi connectivity index (χ0v) is 15.3. The summed E-state index contributed by atoms with van der Waals surface area (Å²) in [6, 6.07) is 6.93. The Hall–Kier alpha value is -2.22. The van der Waals surface area contributed by atoms with Crippen molar-refractivity contribution in [3.63, 3.8) is 0 Å². The molecule has 2 N–H and O–H groups in total. The highest BCUT2D eigenvalue weighted by molar-refractivity contribution is 6.06. The summed E-state index contributed by atoms with van der Waals surface area (Å²) >= 11 is 0. The summed E-state index contributed by atoms with van der Waals surface area (Å²) in [6.45, 7) is 1.01. The molecule has 0 spiro atoms. The van der Waals surface area contributed by atoms with Crippen molar-refractivity contribution in [1.29, 1.82) is 0 Å². The Morgan fingerprint density at radius 1 is 1.16 bits per heavy atom. The number of amides is 1. The molecule has 1 aromatic carbocycles. The van der Waals surface area contributed by atoms with Crippen LogP contribution in [0.15, 0.2) is 34.9 Å². The van der Waals surface area contributed by atoms with Crippen LogP contribution in [0.3, 0.4) is 0 Å². The lowest BCUT2D eigenvalue weighted by Gasteiger charge is -2.23. The Kier molecular flexibility index (Phi) is 8.27. The van der Waals surface area contributed by atoms with Gasteiger partial charge >= 0.3 is 0 Å². The van der Waals surface area contributed by atoms with Crippen LogP contribution in [-0.2, 0) is 11.3 Å². The second-order valence-corrected chi connectivity index (χ2v) is 4.99. The lowest BCUT2D eigenvalue weighted by Crippen LogP contribution is -2.33. The SMILES string of the molecule is COCCN(C(=O)c1coc(CN)c1)c1ccc(OC)c(OC)c1.Cl. The third-order valence-electron chi connectivity index (χ3n) is 3.54. The number of methoxy groups -OCH3 is 3. The van der Waals surface area contributed by atoms with Gasteiger partial charge in [0.15, 0.2) is 11.5 Å². The van der Waals surface area contributed by atoms with Crippen molar-refractivity contribution in [2.24, 2.45) is 5.73 Å². The van der Waals surface area contributed by atoms with Crippen molar-refractivity contribution in [3.05, 3.63) is 41.9 Å². The van der Waals surface area contributed by atoms with Crippen LogP contribution in [0.25, 0.3) is 0 Å². The fourth-order valence-electron chi connectivity index (χ4n) is 2.28. The average Bonchev–Trinajstić information content (AvgIpc) is 3.10. The molecule has 25 heavy (non-hydrogen) atoms. The molecule has 2 aromatic rings. The first kappa shape index (κ1) is 20.8. The van der Waals surface area contributed by atoms with Crippen molar-refractivity contribution < 1.29 is 23.4 Å². The van der Waals surface area contributed by atoms with Gasteiger partial charge in [0.1, 0.15) is 12.0 Å². The Labute approximate surface area is 153 Å². The zero-order valence-electron chi connectivity index (χ0n) is 14.5. The van der Waals surface area contributed by atoms with E-state index in [9.17, 15) is 4.79 Å². The standard InChI is InChI=1S/C17H22N2O5.ClH/c1-21-7-6-19(17(20)12-8-14(10-18)24-11-12)13-4-5-15(22-2)16(9-13)23-3;/h4-5,8-9,11H,6-7,10,18H2,1-3H3;1H. The van der Waals surface area contributed by atoms with Gasteiger partial charge in [0.25, 0.3) is 5.91 Å². The lowest BCUT2D eigenvalue weighted by molar-refractivity contribution is 0.0975. The molecule has 0 aliphatic carbocycles. The van der Waals surface area contributed by atoms with Gasteiger partial charge in [0.05, 0.1) is 32.9 Å². The molecule has 0 unspecified atom stereocenters. The quantitative estimate of drug-likeness (QED) is 0.768. The number of halogens is 1. The van der Waals surface area contributed by atoms with Gasteiger partial charge < -0.3 is 29.3 Å². The van der Waals surface area contributed by atoms with E-state index in [0.29, 0.717) is 41.7 Å². The number of nitrogens with two attached hydrogens (primary N) is 1. The van der Waals surface area contributed by atoms with Gasteiger partial charge in [-0.25, -0.2) is 0 Å². The molecule has 1 aromatic heterocycles. The minimum atomic E-state index is -0.206. The maximum absolute atomic E-state index is 12.8. The van der Waals surface area contributed by atoms with Crippen molar-refractivity contribution >= 4 is 24.0 Å². The van der Waals surface area contributed by atoms with Gasteiger partial charge in [0, 0.05) is 25.4 Å². The van der Waals surface area contributed by atoms with Crippen LogP contribution in [0.4, 0.5) is 5.69 Å². The van der Waals surface area contributed by atoms with E-state index in [1.54, 1.807) is 50.5 Å². The highest BCUT2D eigenvalue weighted by Gasteiger charge is 2.21. The average molecular weight is 371 g/mol. The summed E-state index contributed by atoms with van der Waals surface area (Å²) in [6.07, 6.45) is 1.41. The number of rotatable bonds is 8. The molecule has 0 radical (unpaired) electrons. The van der Waals surface area contributed by atoms with Gasteiger partial charge in [-0.15, -0.1) is 12.4 Å². The van der Waals surface area contributed by atoms with Gasteiger partial charge in [0.2, 0.25) is 0 Å². The highest BCUT2D eigenvalue weighted by Crippen LogP contribution is 2.32. The van der Waals surface area contributed by atoms with E-state index in [0.717, 1.165) is 0 Å². The normalized spacial score (nSPS) is 10.1. The molecular weight excluding hydrogens is 348 g/mol. The number of anilines is 1. The molecule has 1 heterocycles. The Morgan fingerprint density at radius 3 is 2.44 bits per heavy atom. The summed E-state index contributed by atoms with van der Waals surface area (Å²) in [5.41, 5.74) is 6.63. The predicted molar refractivity (Wildman–Crippen MR) is 96.9 cm³/mol. The summed E-state index contributed by atoms with van der Waals surface area (Å²) < 4.78 is 20.9. The van der Waals surface area contributed by atoms with Gasteiger partial charge in [-0.3, -0.25) is 4.79 Å². The number of furan rings is 1. The molecule has 0 saturated heterocycles. The first-order valence-electron chi connectivity index (χ1n) is 7.44. The van der Waals surface area contributed by atoms with Crippen LogP contribution in [-0.4, -0.2) is 40.4 Å². The number of carbonyl (C=O) groups excluding carboxylic acids is 1. The van der Waals surface area contributed by atoms with E-state index in [2.05, 4.69) is 0 Å². The van der Waals surface area contributed by atoms with Gasteiger partial charge in [-0.1, -0.05) is 0 Å². The largest absolute Gasteiger partial charge is 0.493 e. The smallest absolute Gasteiger partial charge is 0.261 e. The fraction of sp³-hybridized carbons (Fsp3) is 0.353. The third-order valence-corrected chi connectivity index (χ3v) is 3.54. The lowest BCUT2D eigenvalue weighted by atomic mass is 10.2. The number of benzene rings is 1. The van der Waals surface area contributed by atoms with Gasteiger partial charge in [-0.05, 0) is 18.2 Å². The van der Waals surface area contributed by atoms with Crippen LogP contribution in [0, 0.1) is 0 Å². The molecule has 0 saturated carbocycles. The summed E-state index contributed by atoms with van der Waals surface area (Å²) in [5, 5.41) is 0. The van der Waals surface area contributed by atoms with E-state index in [1.165, 1.54) is 6.26 Å². The third kappa shape index (κ3) is 4.88. The summed E-state index contributed by atoms with van der Waals surface area (Å²) in [5.74, 6) is 1.48. The van der Waals surface area contributed by atoms with Crippen LogP contribution in [0.5, 0.6) is 11.5 Å². The van der Waals surface area contributed by atoms with Crippen molar-refractivity contribution in [1.82, 2.24) is 0 Å². The van der Waals surface area contributed by atoms with Crippen LogP contribution in [0.2, 0.25) is 0 Å². The number of ether oxygens (including phenoxy) is 3. The second kappa shape index (κ2) is 9.93. The van der Waals surface area contributed by atoms with E-state index in [-0.39, 0.29) is 24.9 Å². The topological polar surface area (TPSA) is 87.2 Å². The zero-order chi connectivity index (χ0) is 17.5. The number of hydrogen-bond donors (Lipinski definition) is 1. The first-order valence-corrected chi connectivity index (χ1v) is 7.44. The Balaban J connectivity index is 0.00000312. The Bertz CT molecular complexity index is 689. The molecule has 7 nitrogen and oxygen atoms in total. The molecule has 8 heteroatoms. The molecule has 0 aliphatic rings. The monoisotopic (exact) mass is 370 g/mol. The number of hydrogen-bond acceptors (Lipinski definition) is 6. The highest BCUT2D eigenvalue weighted by atomic mass is 35.5. The van der Waals surface area contributed by atoms with Gasteiger partial charge in [-0.2, -0.15) is 0 Å².